The Kier molecular flexibility index (Phi) is 4.82. The molecule has 0 spiro atoms. The SMILES string of the molecule is Nc1cccc(-c2ccc(C(=O)NCCc3ccc(O)cc3)s2)c1. The lowest BCUT2D eigenvalue weighted by atomic mass is 10.1. The number of anilines is 1. The van der Waals surface area contributed by atoms with E-state index >= 15 is 0 Å². The molecular weight excluding hydrogens is 320 g/mol. The van der Waals surface area contributed by atoms with E-state index in [1.165, 1.54) is 11.3 Å². The smallest absolute Gasteiger partial charge is 0.261 e. The van der Waals surface area contributed by atoms with Crippen molar-refractivity contribution in [3.63, 3.8) is 0 Å². The number of hydrogen-bond acceptors (Lipinski definition) is 4. The maximum atomic E-state index is 12.2. The summed E-state index contributed by atoms with van der Waals surface area (Å²) in [5.41, 5.74) is 8.60. The van der Waals surface area contributed by atoms with Gasteiger partial charge < -0.3 is 16.2 Å². The first-order chi connectivity index (χ1) is 11.6. The summed E-state index contributed by atoms with van der Waals surface area (Å²) in [4.78, 5) is 13.9. The Labute approximate surface area is 144 Å². The normalized spacial score (nSPS) is 10.5. The highest BCUT2D eigenvalue weighted by Crippen LogP contribution is 2.29. The first kappa shape index (κ1) is 16.1. The second-order valence-electron chi connectivity index (χ2n) is 5.46. The number of nitrogens with one attached hydrogen (secondary N) is 1. The largest absolute Gasteiger partial charge is 0.508 e. The van der Waals surface area contributed by atoms with Crippen LogP contribution in [0.2, 0.25) is 0 Å². The van der Waals surface area contributed by atoms with E-state index in [0.717, 1.165) is 22.4 Å². The summed E-state index contributed by atoms with van der Waals surface area (Å²) in [6, 6.07) is 18.4. The zero-order valence-electron chi connectivity index (χ0n) is 13.0. The maximum absolute atomic E-state index is 12.2. The van der Waals surface area contributed by atoms with E-state index in [-0.39, 0.29) is 11.7 Å². The zero-order valence-corrected chi connectivity index (χ0v) is 13.8. The Bertz CT molecular complexity index is 841. The number of aromatic hydroxyl groups is 1. The van der Waals surface area contributed by atoms with Crippen LogP contribution in [0.15, 0.2) is 60.7 Å². The summed E-state index contributed by atoms with van der Waals surface area (Å²) in [5, 5.41) is 12.2. The molecule has 4 N–H and O–H groups in total. The molecule has 0 bridgehead atoms. The van der Waals surface area contributed by atoms with Gasteiger partial charge in [-0.25, -0.2) is 0 Å². The van der Waals surface area contributed by atoms with Gasteiger partial charge >= 0.3 is 0 Å². The summed E-state index contributed by atoms with van der Waals surface area (Å²) < 4.78 is 0. The van der Waals surface area contributed by atoms with Gasteiger partial charge in [0.05, 0.1) is 4.88 Å². The molecule has 0 aliphatic rings. The van der Waals surface area contributed by atoms with Crippen molar-refractivity contribution >= 4 is 22.9 Å². The van der Waals surface area contributed by atoms with Gasteiger partial charge in [0.15, 0.2) is 0 Å². The molecule has 0 radical (unpaired) electrons. The van der Waals surface area contributed by atoms with Crippen LogP contribution in [0.25, 0.3) is 10.4 Å². The summed E-state index contributed by atoms with van der Waals surface area (Å²) in [5.74, 6) is 0.171. The van der Waals surface area contributed by atoms with Gasteiger partial charge in [-0.1, -0.05) is 24.3 Å². The fourth-order valence-corrected chi connectivity index (χ4v) is 3.30. The minimum absolute atomic E-state index is 0.0751. The molecule has 0 fully saturated rings. The topological polar surface area (TPSA) is 75.4 Å². The highest BCUT2D eigenvalue weighted by atomic mass is 32.1. The Morgan fingerprint density at radius 3 is 2.62 bits per heavy atom. The summed E-state index contributed by atoms with van der Waals surface area (Å²) in [7, 11) is 0. The molecule has 0 aliphatic carbocycles. The summed E-state index contributed by atoms with van der Waals surface area (Å²) in [6.07, 6.45) is 0.722. The molecule has 4 nitrogen and oxygen atoms in total. The van der Waals surface area contributed by atoms with Gasteiger partial charge in [-0.3, -0.25) is 4.79 Å². The quantitative estimate of drug-likeness (QED) is 0.621. The predicted molar refractivity (Wildman–Crippen MR) is 98.3 cm³/mol. The molecule has 3 rings (SSSR count). The lowest BCUT2D eigenvalue weighted by Crippen LogP contribution is -2.24. The fraction of sp³-hybridized carbons (Fsp3) is 0.105. The third-order valence-corrected chi connectivity index (χ3v) is 4.77. The van der Waals surface area contributed by atoms with Crippen molar-refractivity contribution in [2.45, 2.75) is 6.42 Å². The van der Waals surface area contributed by atoms with E-state index in [1.807, 2.05) is 48.5 Å². The van der Waals surface area contributed by atoms with E-state index in [1.54, 1.807) is 12.1 Å². The van der Waals surface area contributed by atoms with Crippen LogP contribution in [0, 0.1) is 0 Å². The molecule has 0 aliphatic heterocycles. The van der Waals surface area contributed by atoms with Gasteiger partial charge in [0.1, 0.15) is 5.75 Å². The molecule has 0 saturated heterocycles. The predicted octanol–water partition coefficient (Wildman–Crippen LogP) is 3.68. The molecule has 2 aromatic carbocycles. The molecule has 1 amide bonds. The number of nitrogens with two attached hydrogens (primary N) is 1. The van der Waals surface area contributed by atoms with E-state index in [9.17, 15) is 9.90 Å². The standard InChI is InChI=1S/C19H18N2O2S/c20-15-3-1-2-14(12-15)17-8-9-18(24-17)19(23)21-11-10-13-4-6-16(22)7-5-13/h1-9,12,22H,10-11,20H2,(H,21,23). The molecule has 3 aromatic rings. The highest BCUT2D eigenvalue weighted by molar-refractivity contribution is 7.17. The molecule has 5 heteroatoms. The molecule has 0 saturated carbocycles. The van der Waals surface area contributed by atoms with Gasteiger partial charge in [0.25, 0.3) is 5.91 Å². The third-order valence-electron chi connectivity index (χ3n) is 3.64. The molecule has 0 atom stereocenters. The second kappa shape index (κ2) is 7.19. The third kappa shape index (κ3) is 3.94. The Morgan fingerprint density at radius 1 is 1.08 bits per heavy atom. The number of benzene rings is 2. The molecule has 0 unspecified atom stereocenters. The first-order valence-electron chi connectivity index (χ1n) is 7.64. The number of carbonyl (C=O) groups is 1. The summed E-state index contributed by atoms with van der Waals surface area (Å²) in [6.45, 7) is 0.551. The molecule has 1 heterocycles. The first-order valence-corrected chi connectivity index (χ1v) is 8.45. The number of carbonyl (C=O) groups excluding carboxylic acids is 1. The monoisotopic (exact) mass is 338 g/mol. The molecule has 1 aromatic heterocycles. The number of hydrogen-bond donors (Lipinski definition) is 3. The van der Waals surface area contributed by atoms with Crippen LogP contribution < -0.4 is 11.1 Å². The van der Waals surface area contributed by atoms with Gasteiger partial charge in [-0.05, 0) is 53.9 Å². The van der Waals surface area contributed by atoms with Crippen LogP contribution in [0.3, 0.4) is 0 Å². The highest BCUT2D eigenvalue weighted by Gasteiger charge is 2.10. The van der Waals surface area contributed by atoms with Crippen LogP contribution >= 0.6 is 11.3 Å². The number of phenolic OH excluding ortho intramolecular Hbond substituents is 1. The average Bonchev–Trinajstić information content (AvgIpc) is 3.07. The van der Waals surface area contributed by atoms with Gasteiger partial charge in [0.2, 0.25) is 0 Å². The van der Waals surface area contributed by atoms with Crippen LogP contribution in [-0.4, -0.2) is 17.6 Å². The van der Waals surface area contributed by atoms with E-state index in [4.69, 9.17) is 5.73 Å². The minimum atomic E-state index is -0.0751. The van der Waals surface area contributed by atoms with Gasteiger partial charge in [0, 0.05) is 17.1 Å². The second-order valence-corrected chi connectivity index (χ2v) is 6.55. The Morgan fingerprint density at radius 2 is 1.88 bits per heavy atom. The number of rotatable bonds is 5. The van der Waals surface area contributed by atoms with Crippen molar-refractivity contribution in [3.8, 4) is 16.2 Å². The number of amides is 1. The van der Waals surface area contributed by atoms with Crippen molar-refractivity contribution in [2.75, 3.05) is 12.3 Å². The van der Waals surface area contributed by atoms with Crippen molar-refractivity contribution in [3.05, 3.63) is 71.1 Å². The van der Waals surface area contributed by atoms with Crippen molar-refractivity contribution < 1.29 is 9.90 Å². The number of phenols is 1. The number of thiophene rings is 1. The van der Waals surface area contributed by atoms with E-state index < -0.39 is 0 Å². The van der Waals surface area contributed by atoms with Crippen molar-refractivity contribution in [1.82, 2.24) is 5.32 Å². The van der Waals surface area contributed by atoms with E-state index in [2.05, 4.69) is 5.32 Å². The summed E-state index contributed by atoms with van der Waals surface area (Å²) >= 11 is 1.45. The van der Waals surface area contributed by atoms with Crippen LogP contribution in [-0.2, 0) is 6.42 Å². The minimum Gasteiger partial charge on any atom is -0.508 e. The Balaban J connectivity index is 1.58. The van der Waals surface area contributed by atoms with Gasteiger partial charge in [-0.2, -0.15) is 0 Å². The average molecular weight is 338 g/mol. The molecule has 24 heavy (non-hydrogen) atoms. The maximum Gasteiger partial charge on any atom is 0.261 e. The zero-order chi connectivity index (χ0) is 16.9. The van der Waals surface area contributed by atoms with Crippen LogP contribution in [0.5, 0.6) is 5.75 Å². The van der Waals surface area contributed by atoms with Crippen LogP contribution in [0.1, 0.15) is 15.2 Å². The Hall–Kier alpha value is -2.79. The van der Waals surface area contributed by atoms with Gasteiger partial charge in [-0.15, -0.1) is 11.3 Å². The van der Waals surface area contributed by atoms with Crippen LogP contribution in [0.4, 0.5) is 5.69 Å². The van der Waals surface area contributed by atoms with Crippen molar-refractivity contribution in [1.29, 1.82) is 0 Å². The lowest BCUT2D eigenvalue weighted by Gasteiger charge is -2.04. The lowest BCUT2D eigenvalue weighted by molar-refractivity contribution is 0.0958. The van der Waals surface area contributed by atoms with Crippen molar-refractivity contribution in [2.24, 2.45) is 0 Å². The molecular formula is C19H18N2O2S. The molecule has 122 valence electrons. The fourth-order valence-electron chi connectivity index (χ4n) is 2.38. The van der Waals surface area contributed by atoms with E-state index in [0.29, 0.717) is 17.1 Å². The number of nitrogen functional groups attached to an aromatic ring is 1.